The standard InChI is InChI=1S/C25H36N4O3/c1-5-26-25(28-19(2)20-9-7-6-8-10-20)27-18-22(29-13-15-32-16-14-29)21-11-12-23(30-3)24(17-21)31-4/h6-12,17,19,22H,5,13-16,18H2,1-4H3,(H2,26,27,28). The molecule has 7 heteroatoms. The highest BCUT2D eigenvalue weighted by molar-refractivity contribution is 5.80. The van der Waals surface area contributed by atoms with E-state index in [1.807, 2.05) is 12.1 Å². The van der Waals surface area contributed by atoms with Crippen molar-refractivity contribution < 1.29 is 14.2 Å². The Balaban J connectivity index is 1.82. The maximum atomic E-state index is 5.59. The molecule has 2 atom stereocenters. The van der Waals surface area contributed by atoms with Crippen LogP contribution < -0.4 is 20.1 Å². The number of guanidine groups is 1. The van der Waals surface area contributed by atoms with E-state index < -0.39 is 0 Å². The summed E-state index contributed by atoms with van der Waals surface area (Å²) < 4.78 is 16.6. The van der Waals surface area contributed by atoms with Crippen LogP contribution in [0.15, 0.2) is 53.5 Å². The molecule has 3 rings (SSSR count). The van der Waals surface area contributed by atoms with Crippen LogP contribution in [0.25, 0.3) is 0 Å². The largest absolute Gasteiger partial charge is 0.493 e. The Bertz CT molecular complexity index is 854. The molecule has 0 spiro atoms. The molecular weight excluding hydrogens is 404 g/mol. The molecule has 32 heavy (non-hydrogen) atoms. The van der Waals surface area contributed by atoms with Crippen LogP contribution in [-0.4, -0.2) is 64.5 Å². The SMILES string of the molecule is CCNC(=NCC(c1ccc(OC)c(OC)c1)N1CCOCC1)NC(C)c1ccccc1. The highest BCUT2D eigenvalue weighted by Crippen LogP contribution is 2.32. The van der Waals surface area contributed by atoms with Crippen molar-refractivity contribution in [2.45, 2.75) is 25.9 Å². The summed E-state index contributed by atoms with van der Waals surface area (Å²) in [6.45, 7) is 8.86. The normalized spacial score (nSPS) is 16.8. The van der Waals surface area contributed by atoms with Crippen molar-refractivity contribution in [3.63, 3.8) is 0 Å². The fourth-order valence-electron chi connectivity index (χ4n) is 3.91. The Kier molecular flexibility index (Phi) is 9.19. The first-order valence-corrected chi connectivity index (χ1v) is 11.3. The van der Waals surface area contributed by atoms with Crippen molar-refractivity contribution in [2.75, 3.05) is 53.6 Å². The quantitative estimate of drug-likeness (QED) is 0.460. The molecule has 1 aliphatic rings. The van der Waals surface area contributed by atoms with Crippen LogP contribution in [0.3, 0.4) is 0 Å². The minimum absolute atomic E-state index is 0.112. The number of ether oxygens (including phenoxy) is 3. The second-order valence-corrected chi connectivity index (χ2v) is 7.77. The average Bonchev–Trinajstić information content (AvgIpc) is 2.85. The van der Waals surface area contributed by atoms with Gasteiger partial charge in [-0.2, -0.15) is 0 Å². The zero-order valence-corrected chi connectivity index (χ0v) is 19.6. The lowest BCUT2D eigenvalue weighted by molar-refractivity contribution is 0.0179. The minimum atomic E-state index is 0.112. The minimum Gasteiger partial charge on any atom is -0.493 e. The van der Waals surface area contributed by atoms with Crippen LogP contribution in [0, 0.1) is 0 Å². The summed E-state index contributed by atoms with van der Waals surface area (Å²) in [7, 11) is 3.32. The molecule has 1 aliphatic heterocycles. The van der Waals surface area contributed by atoms with Crippen molar-refractivity contribution in [2.24, 2.45) is 4.99 Å². The van der Waals surface area contributed by atoms with E-state index in [1.54, 1.807) is 14.2 Å². The fourth-order valence-corrected chi connectivity index (χ4v) is 3.91. The Morgan fingerprint density at radius 1 is 1.03 bits per heavy atom. The molecule has 2 aromatic rings. The molecule has 0 aliphatic carbocycles. The molecule has 2 unspecified atom stereocenters. The Labute approximate surface area is 191 Å². The fraction of sp³-hybridized carbons (Fsp3) is 0.480. The molecule has 0 bridgehead atoms. The Morgan fingerprint density at radius 3 is 2.41 bits per heavy atom. The maximum absolute atomic E-state index is 5.59. The van der Waals surface area contributed by atoms with Crippen molar-refractivity contribution in [3.05, 3.63) is 59.7 Å². The van der Waals surface area contributed by atoms with Gasteiger partial charge in [0.2, 0.25) is 0 Å². The van der Waals surface area contributed by atoms with E-state index >= 15 is 0 Å². The van der Waals surface area contributed by atoms with Gasteiger partial charge in [0, 0.05) is 19.6 Å². The highest BCUT2D eigenvalue weighted by atomic mass is 16.5. The summed E-state index contributed by atoms with van der Waals surface area (Å²) in [6, 6.07) is 16.8. The van der Waals surface area contributed by atoms with Crippen molar-refractivity contribution >= 4 is 5.96 Å². The van der Waals surface area contributed by atoms with Crippen LogP contribution in [0.2, 0.25) is 0 Å². The van der Waals surface area contributed by atoms with E-state index in [4.69, 9.17) is 19.2 Å². The molecule has 2 aromatic carbocycles. The number of hydrogen-bond donors (Lipinski definition) is 2. The molecule has 0 aromatic heterocycles. The smallest absolute Gasteiger partial charge is 0.191 e. The van der Waals surface area contributed by atoms with Gasteiger partial charge in [-0.1, -0.05) is 36.4 Å². The van der Waals surface area contributed by atoms with E-state index in [0.29, 0.717) is 6.54 Å². The van der Waals surface area contributed by atoms with Gasteiger partial charge in [-0.25, -0.2) is 0 Å². The molecule has 7 nitrogen and oxygen atoms in total. The van der Waals surface area contributed by atoms with Gasteiger partial charge in [0.05, 0.1) is 46.1 Å². The van der Waals surface area contributed by atoms with Gasteiger partial charge in [-0.3, -0.25) is 9.89 Å². The lowest BCUT2D eigenvalue weighted by Crippen LogP contribution is -2.42. The first-order valence-electron chi connectivity index (χ1n) is 11.3. The number of methoxy groups -OCH3 is 2. The van der Waals surface area contributed by atoms with E-state index in [1.165, 1.54) is 5.56 Å². The van der Waals surface area contributed by atoms with Crippen LogP contribution in [-0.2, 0) is 4.74 Å². The van der Waals surface area contributed by atoms with Crippen LogP contribution in [0.4, 0.5) is 0 Å². The molecule has 1 heterocycles. The summed E-state index contributed by atoms with van der Waals surface area (Å²) in [4.78, 5) is 7.40. The van der Waals surface area contributed by atoms with Gasteiger partial charge in [0.15, 0.2) is 17.5 Å². The molecule has 174 valence electrons. The summed E-state index contributed by atoms with van der Waals surface area (Å²) >= 11 is 0. The molecule has 0 saturated carbocycles. The summed E-state index contributed by atoms with van der Waals surface area (Å²) in [5, 5.41) is 6.92. The molecule has 1 fully saturated rings. The van der Waals surface area contributed by atoms with E-state index in [2.05, 4.69) is 65.8 Å². The van der Waals surface area contributed by atoms with Crippen molar-refractivity contribution in [1.29, 1.82) is 0 Å². The third-order valence-corrected chi connectivity index (χ3v) is 5.70. The first-order chi connectivity index (χ1) is 15.7. The predicted molar refractivity (Wildman–Crippen MR) is 129 cm³/mol. The molecular formula is C25H36N4O3. The molecule has 2 N–H and O–H groups in total. The first kappa shape index (κ1) is 23.9. The van der Waals surface area contributed by atoms with Crippen molar-refractivity contribution in [1.82, 2.24) is 15.5 Å². The van der Waals surface area contributed by atoms with Crippen LogP contribution in [0.1, 0.15) is 37.1 Å². The van der Waals surface area contributed by atoms with Gasteiger partial charge in [-0.05, 0) is 37.1 Å². The maximum Gasteiger partial charge on any atom is 0.191 e. The second kappa shape index (κ2) is 12.3. The lowest BCUT2D eigenvalue weighted by atomic mass is 10.0. The second-order valence-electron chi connectivity index (χ2n) is 7.77. The number of aliphatic imine (C=N–C) groups is 1. The highest BCUT2D eigenvalue weighted by Gasteiger charge is 2.24. The summed E-state index contributed by atoms with van der Waals surface area (Å²) in [5.41, 5.74) is 2.38. The van der Waals surface area contributed by atoms with Gasteiger partial charge in [-0.15, -0.1) is 0 Å². The number of nitrogens with zero attached hydrogens (tertiary/aromatic N) is 2. The van der Waals surface area contributed by atoms with Gasteiger partial charge in [0.1, 0.15) is 0 Å². The Morgan fingerprint density at radius 2 is 1.75 bits per heavy atom. The number of hydrogen-bond acceptors (Lipinski definition) is 5. The van der Waals surface area contributed by atoms with Gasteiger partial charge in [0.25, 0.3) is 0 Å². The summed E-state index contributed by atoms with van der Waals surface area (Å²) in [6.07, 6.45) is 0. The number of morpholine rings is 1. The lowest BCUT2D eigenvalue weighted by Gasteiger charge is -2.34. The van der Waals surface area contributed by atoms with Crippen LogP contribution in [0.5, 0.6) is 11.5 Å². The number of nitrogens with one attached hydrogen (secondary N) is 2. The third kappa shape index (κ3) is 6.37. The van der Waals surface area contributed by atoms with Crippen LogP contribution >= 0.6 is 0 Å². The monoisotopic (exact) mass is 440 g/mol. The predicted octanol–water partition coefficient (Wildman–Crippen LogP) is 3.39. The number of benzene rings is 2. The third-order valence-electron chi connectivity index (χ3n) is 5.70. The summed E-state index contributed by atoms with van der Waals surface area (Å²) in [5.74, 6) is 2.27. The van der Waals surface area contributed by atoms with Crippen molar-refractivity contribution in [3.8, 4) is 11.5 Å². The van der Waals surface area contributed by atoms with E-state index in [9.17, 15) is 0 Å². The van der Waals surface area contributed by atoms with Gasteiger partial charge < -0.3 is 24.8 Å². The molecule has 1 saturated heterocycles. The van der Waals surface area contributed by atoms with Gasteiger partial charge >= 0.3 is 0 Å². The molecule has 0 radical (unpaired) electrons. The van der Waals surface area contributed by atoms with E-state index in [0.717, 1.165) is 55.9 Å². The zero-order valence-electron chi connectivity index (χ0n) is 19.6. The topological polar surface area (TPSA) is 67.4 Å². The zero-order chi connectivity index (χ0) is 22.8. The van der Waals surface area contributed by atoms with E-state index in [-0.39, 0.29) is 12.1 Å². The number of rotatable bonds is 9. The Hall–Kier alpha value is -2.77. The average molecular weight is 441 g/mol. The molecule has 0 amide bonds.